The number of morpholine rings is 1. The van der Waals surface area contributed by atoms with E-state index < -0.39 is 27.5 Å². The van der Waals surface area contributed by atoms with Gasteiger partial charge >= 0.3 is 12.1 Å². The molecule has 13 heteroatoms. The van der Waals surface area contributed by atoms with E-state index >= 15 is 0 Å². The Morgan fingerprint density at radius 2 is 1.89 bits per heavy atom. The summed E-state index contributed by atoms with van der Waals surface area (Å²) in [5.41, 5.74) is -0.539. The van der Waals surface area contributed by atoms with Crippen molar-refractivity contribution in [2.45, 2.75) is 56.4 Å². The van der Waals surface area contributed by atoms with Crippen LogP contribution in [0.25, 0.3) is 22.2 Å². The molecule has 0 amide bonds. The number of carboxylic acids is 1. The fraction of sp³-hybridized carbons (Fsp3) is 0.484. The van der Waals surface area contributed by atoms with Crippen molar-refractivity contribution in [3.8, 4) is 17.0 Å². The van der Waals surface area contributed by atoms with Crippen LogP contribution in [0.3, 0.4) is 0 Å². The number of likely N-dealkylation sites (tertiary alicyclic amines) is 1. The van der Waals surface area contributed by atoms with E-state index in [1.165, 1.54) is 24.3 Å². The highest BCUT2D eigenvalue weighted by molar-refractivity contribution is 7.90. The Hall–Kier alpha value is -3.26. The largest absolute Gasteiger partial charge is 0.492 e. The summed E-state index contributed by atoms with van der Waals surface area (Å²) < 4.78 is 77.7. The van der Waals surface area contributed by atoms with Crippen molar-refractivity contribution in [1.29, 1.82) is 0 Å². The van der Waals surface area contributed by atoms with Crippen molar-refractivity contribution in [1.82, 2.24) is 14.8 Å². The van der Waals surface area contributed by atoms with E-state index in [2.05, 4.69) is 21.7 Å². The maximum absolute atomic E-state index is 13.7. The highest BCUT2D eigenvalue weighted by Gasteiger charge is 2.33. The topological polar surface area (TPSA) is 109 Å². The quantitative estimate of drug-likeness (QED) is 0.361. The number of hydrogen-bond donors (Lipinski definition) is 1. The van der Waals surface area contributed by atoms with Crippen LogP contribution >= 0.6 is 0 Å². The highest BCUT2D eigenvalue weighted by atomic mass is 32.2. The standard InChI is InChI=1S/C31H36F3N3O6S/c1-4-43-26-16-25-23(15-27(26)44(3,40)41)28(30(38)39)24(29(35-25)20-6-5-7-21(14-20)31(32,33)34)17-36-10-8-22(9-11-36)37-12-13-42-18-19(37)2/h5-7,14-16,19,22H,4,8-13,17-18H2,1-3H3,(H,38,39). The highest BCUT2D eigenvalue weighted by Crippen LogP contribution is 2.38. The van der Waals surface area contributed by atoms with Gasteiger partial charge in [0.25, 0.3) is 0 Å². The zero-order valence-electron chi connectivity index (χ0n) is 24.9. The van der Waals surface area contributed by atoms with Gasteiger partial charge in [0.2, 0.25) is 0 Å². The Morgan fingerprint density at radius 1 is 1.16 bits per heavy atom. The lowest BCUT2D eigenvalue weighted by molar-refractivity contribution is -0.137. The maximum atomic E-state index is 13.7. The molecule has 0 spiro atoms. The van der Waals surface area contributed by atoms with Gasteiger partial charge in [-0.15, -0.1) is 0 Å². The Bertz CT molecular complexity index is 1660. The monoisotopic (exact) mass is 635 g/mol. The summed E-state index contributed by atoms with van der Waals surface area (Å²) in [4.78, 5) is 22.0. The van der Waals surface area contributed by atoms with Crippen LogP contribution < -0.4 is 4.74 Å². The van der Waals surface area contributed by atoms with E-state index in [9.17, 15) is 31.5 Å². The van der Waals surface area contributed by atoms with Gasteiger partial charge in [0.05, 0.1) is 42.2 Å². The zero-order valence-corrected chi connectivity index (χ0v) is 25.7. The molecule has 2 saturated heterocycles. The number of carboxylic acid groups (broad SMARTS) is 1. The number of piperidine rings is 1. The molecule has 3 heterocycles. The third-order valence-corrected chi connectivity index (χ3v) is 9.47. The molecule has 2 aromatic carbocycles. The van der Waals surface area contributed by atoms with Gasteiger partial charge in [-0.05, 0) is 58.0 Å². The number of benzene rings is 2. The number of nitrogens with zero attached hydrogens (tertiary/aromatic N) is 3. The van der Waals surface area contributed by atoms with Crippen LogP contribution in [0, 0.1) is 0 Å². The molecular formula is C31H36F3N3O6S. The molecule has 1 atom stereocenters. The molecule has 2 fully saturated rings. The molecule has 238 valence electrons. The van der Waals surface area contributed by atoms with Crippen molar-refractivity contribution in [3.05, 3.63) is 53.1 Å². The number of fused-ring (bicyclic) bond motifs is 1. The van der Waals surface area contributed by atoms with E-state index in [4.69, 9.17) is 9.47 Å². The molecule has 44 heavy (non-hydrogen) atoms. The molecule has 1 aromatic heterocycles. The second-order valence-electron chi connectivity index (χ2n) is 11.4. The Labute approximate surface area is 254 Å². The first-order chi connectivity index (χ1) is 20.8. The second kappa shape index (κ2) is 12.6. The number of ether oxygens (including phenoxy) is 2. The first-order valence-electron chi connectivity index (χ1n) is 14.6. The second-order valence-corrected chi connectivity index (χ2v) is 13.4. The van der Waals surface area contributed by atoms with Gasteiger partial charge in [-0.3, -0.25) is 9.80 Å². The number of pyridine rings is 1. The molecule has 2 aliphatic heterocycles. The Morgan fingerprint density at radius 3 is 2.50 bits per heavy atom. The van der Waals surface area contributed by atoms with E-state index in [0.717, 1.165) is 37.8 Å². The lowest BCUT2D eigenvalue weighted by Gasteiger charge is -2.43. The molecule has 9 nitrogen and oxygen atoms in total. The summed E-state index contributed by atoms with van der Waals surface area (Å²) in [6, 6.07) is 7.88. The van der Waals surface area contributed by atoms with Crippen molar-refractivity contribution in [2.75, 3.05) is 45.7 Å². The number of alkyl halides is 3. The number of hydrogen-bond acceptors (Lipinski definition) is 8. The van der Waals surface area contributed by atoms with Crippen LogP contribution in [0.15, 0.2) is 41.3 Å². The molecule has 5 rings (SSSR count). The lowest BCUT2D eigenvalue weighted by Crippen LogP contribution is -2.52. The predicted molar refractivity (Wildman–Crippen MR) is 159 cm³/mol. The summed E-state index contributed by atoms with van der Waals surface area (Å²) in [7, 11) is -3.83. The van der Waals surface area contributed by atoms with Crippen LogP contribution in [0.4, 0.5) is 13.2 Å². The fourth-order valence-electron chi connectivity index (χ4n) is 6.26. The van der Waals surface area contributed by atoms with Gasteiger partial charge in [-0.1, -0.05) is 12.1 Å². The fourth-order valence-corrected chi connectivity index (χ4v) is 7.08. The molecule has 3 aromatic rings. The normalized spacial score (nSPS) is 19.4. The lowest BCUT2D eigenvalue weighted by atomic mass is 9.94. The first kappa shape index (κ1) is 32.1. The first-order valence-corrected chi connectivity index (χ1v) is 16.5. The molecule has 1 N–H and O–H groups in total. The number of carbonyl (C=O) groups is 1. The summed E-state index contributed by atoms with van der Waals surface area (Å²) >= 11 is 0. The zero-order chi connectivity index (χ0) is 31.8. The van der Waals surface area contributed by atoms with Crippen LogP contribution in [-0.2, 0) is 27.3 Å². The molecule has 0 aliphatic carbocycles. The van der Waals surface area contributed by atoms with Gasteiger partial charge in [-0.2, -0.15) is 13.2 Å². The van der Waals surface area contributed by atoms with Crippen LogP contribution in [0.5, 0.6) is 5.75 Å². The van der Waals surface area contributed by atoms with E-state index in [1.807, 2.05) is 0 Å². The van der Waals surface area contributed by atoms with Gasteiger partial charge in [0, 0.05) is 54.0 Å². The predicted octanol–water partition coefficient (Wildman–Crippen LogP) is 5.11. The molecule has 0 bridgehead atoms. The number of aromatic carboxylic acids is 1. The maximum Gasteiger partial charge on any atom is 0.416 e. The summed E-state index contributed by atoms with van der Waals surface area (Å²) in [5.74, 6) is -1.34. The molecule has 0 radical (unpaired) electrons. The minimum absolute atomic E-state index is 0.00602. The van der Waals surface area contributed by atoms with Crippen LogP contribution in [-0.4, -0.2) is 92.1 Å². The number of aromatic nitrogens is 1. The SMILES string of the molecule is CCOc1cc2nc(-c3cccc(C(F)(F)F)c3)c(CN3CCC(N4CCOCC4C)CC3)c(C(=O)O)c2cc1S(C)(=O)=O. The Balaban J connectivity index is 1.64. The summed E-state index contributed by atoms with van der Waals surface area (Å²) in [6.07, 6.45) is -1.94. The van der Waals surface area contributed by atoms with Crippen LogP contribution in [0.2, 0.25) is 0 Å². The summed E-state index contributed by atoms with van der Waals surface area (Å²) in [6.45, 7) is 7.54. The number of halogens is 3. The minimum atomic E-state index is -4.62. The van der Waals surface area contributed by atoms with Crippen molar-refractivity contribution in [3.63, 3.8) is 0 Å². The van der Waals surface area contributed by atoms with E-state index in [0.29, 0.717) is 38.4 Å². The molecular weight excluding hydrogens is 599 g/mol. The van der Waals surface area contributed by atoms with E-state index in [1.54, 1.807) is 6.92 Å². The van der Waals surface area contributed by atoms with Crippen molar-refractivity contribution < 1.29 is 41.0 Å². The van der Waals surface area contributed by atoms with Crippen molar-refractivity contribution in [2.24, 2.45) is 0 Å². The third kappa shape index (κ3) is 6.70. The third-order valence-electron chi connectivity index (χ3n) is 8.35. The number of rotatable bonds is 8. The summed E-state index contributed by atoms with van der Waals surface area (Å²) in [5, 5.41) is 10.6. The van der Waals surface area contributed by atoms with Gasteiger partial charge in [0.15, 0.2) is 9.84 Å². The van der Waals surface area contributed by atoms with Gasteiger partial charge in [0.1, 0.15) is 10.6 Å². The minimum Gasteiger partial charge on any atom is -0.492 e. The van der Waals surface area contributed by atoms with Crippen LogP contribution in [0.1, 0.15) is 48.2 Å². The molecule has 2 aliphatic rings. The van der Waals surface area contributed by atoms with E-state index in [-0.39, 0.29) is 57.1 Å². The Kier molecular flexibility index (Phi) is 9.22. The number of sulfone groups is 1. The smallest absolute Gasteiger partial charge is 0.416 e. The molecule has 0 saturated carbocycles. The average Bonchev–Trinajstić information content (AvgIpc) is 2.96. The molecule has 1 unspecified atom stereocenters. The van der Waals surface area contributed by atoms with Gasteiger partial charge in [-0.25, -0.2) is 18.2 Å². The van der Waals surface area contributed by atoms with Crippen molar-refractivity contribution >= 4 is 26.7 Å². The van der Waals surface area contributed by atoms with Gasteiger partial charge < -0.3 is 14.6 Å². The average molecular weight is 636 g/mol.